The van der Waals surface area contributed by atoms with Gasteiger partial charge < -0.3 is 10.2 Å². The molecule has 0 saturated heterocycles. The summed E-state index contributed by atoms with van der Waals surface area (Å²) in [7, 11) is 1.53. The molecular weight excluding hydrogens is 256 g/mol. The second-order valence-electron chi connectivity index (χ2n) is 3.62. The lowest BCUT2D eigenvalue weighted by atomic mass is 10.3. The molecule has 0 aliphatic heterocycles. The molecule has 0 bridgehead atoms. The van der Waals surface area contributed by atoms with Crippen molar-refractivity contribution in [1.29, 1.82) is 0 Å². The number of hydrogen-bond donors (Lipinski definition) is 1. The Bertz CT molecular complexity index is 422. The molecule has 0 fully saturated rings. The summed E-state index contributed by atoms with van der Waals surface area (Å²) in [5, 5.41) is 2.70. The van der Waals surface area contributed by atoms with Crippen molar-refractivity contribution in [2.45, 2.75) is 13.3 Å². The van der Waals surface area contributed by atoms with Crippen molar-refractivity contribution in [2.24, 2.45) is 0 Å². The topological polar surface area (TPSA) is 75.2 Å². The molecular formula is C11H15ClN4O2. The van der Waals surface area contributed by atoms with Crippen molar-refractivity contribution < 1.29 is 9.59 Å². The van der Waals surface area contributed by atoms with E-state index in [-0.39, 0.29) is 29.2 Å². The summed E-state index contributed by atoms with van der Waals surface area (Å²) in [6, 6.07) is 0. The maximum absolute atomic E-state index is 12.1. The smallest absolute Gasteiger partial charge is 0.274 e. The molecule has 0 unspecified atom stereocenters. The number of likely N-dealkylation sites (N-methyl/N-ethyl adjacent to an activating group) is 1. The van der Waals surface area contributed by atoms with Crippen molar-refractivity contribution in [1.82, 2.24) is 20.2 Å². The largest absolute Gasteiger partial charge is 0.358 e. The van der Waals surface area contributed by atoms with Crippen LogP contribution in [-0.4, -0.2) is 46.8 Å². The first-order valence-corrected chi connectivity index (χ1v) is 5.93. The molecule has 1 aromatic rings. The van der Waals surface area contributed by atoms with Gasteiger partial charge in [0, 0.05) is 13.6 Å². The van der Waals surface area contributed by atoms with Gasteiger partial charge in [0.1, 0.15) is 10.8 Å². The standard InChI is InChI=1S/C11H15ClN4O2/c1-3-4-16(7-10(17)13-2)11(18)8-5-15-9(12)6-14-8/h5-6H,3-4,7H2,1-2H3,(H,13,17). The van der Waals surface area contributed by atoms with Crippen LogP contribution in [0.25, 0.3) is 0 Å². The van der Waals surface area contributed by atoms with Gasteiger partial charge in [-0.1, -0.05) is 18.5 Å². The monoisotopic (exact) mass is 270 g/mol. The van der Waals surface area contributed by atoms with Crippen molar-refractivity contribution in [3.8, 4) is 0 Å². The molecule has 1 aromatic heterocycles. The molecule has 1 N–H and O–H groups in total. The molecule has 0 atom stereocenters. The SMILES string of the molecule is CCCN(CC(=O)NC)C(=O)c1cnc(Cl)cn1. The van der Waals surface area contributed by atoms with Gasteiger partial charge >= 0.3 is 0 Å². The van der Waals surface area contributed by atoms with E-state index in [4.69, 9.17) is 11.6 Å². The Hall–Kier alpha value is -1.69. The highest BCUT2D eigenvalue weighted by Crippen LogP contribution is 2.05. The lowest BCUT2D eigenvalue weighted by molar-refractivity contribution is -0.121. The Labute approximate surface area is 110 Å². The number of aromatic nitrogens is 2. The maximum atomic E-state index is 12.1. The second kappa shape index (κ2) is 6.90. The number of carbonyl (C=O) groups excluding carboxylic acids is 2. The number of carbonyl (C=O) groups is 2. The lowest BCUT2D eigenvalue weighted by Crippen LogP contribution is -2.40. The number of halogens is 1. The van der Waals surface area contributed by atoms with Gasteiger partial charge in [-0.25, -0.2) is 9.97 Å². The van der Waals surface area contributed by atoms with E-state index in [1.54, 1.807) is 0 Å². The van der Waals surface area contributed by atoms with E-state index >= 15 is 0 Å². The van der Waals surface area contributed by atoms with Crippen LogP contribution in [-0.2, 0) is 4.79 Å². The van der Waals surface area contributed by atoms with Gasteiger partial charge in [-0.3, -0.25) is 9.59 Å². The lowest BCUT2D eigenvalue weighted by Gasteiger charge is -2.20. The summed E-state index contributed by atoms with van der Waals surface area (Å²) in [4.78, 5) is 32.5. The number of nitrogens with one attached hydrogen (secondary N) is 1. The third-order valence-electron chi connectivity index (χ3n) is 2.23. The van der Waals surface area contributed by atoms with Gasteiger partial charge in [-0.05, 0) is 6.42 Å². The summed E-state index contributed by atoms with van der Waals surface area (Å²) in [5.74, 6) is -0.552. The first kappa shape index (κ1) is 14.4. The van der Waals surface area contributed by atoms with Crippen LogP contribution in [0.3, 0.4) is 0 Å². The highest BCUT2D eigenvalue weighted by atomic mass is 35.5. The fourth-order valence-corrected chi connectivity index (χ4v) is 1.46. The normalized spacial score (nSPS) is 9.94. The minimum Gasteiger partial charge on any atom is -0.358 e. The van der Waals surface area contributed by atoms with E-state index in [9.17, 15) is 9.59 Å². The van der Waals surface area contributed by atoms with Crippen LogP contribution in [0.1, 0.15) is 23.8 Å². The van der Waals surface area contributed by atoms with Crippen molar-refractivity contribution in [3.05, 3.63) is 23.2 Å². The van der Waals surface area contributed by atoms with E-state index in [2.05, 4.69) is 15.3 Å². The fourth-order valence-electron chi connectivity index (χ4n) is 1.36. The van der Waals surface area contributed by atoms with Crippen molar-refractivity contribution in [2.75, 3.05) is 20.1 Å². The van der Waals surface area contributed by atoms with Crippen LogP contribution in [0, 0.1) is 0 Å². The summed E-state index contributed by atoms with van der Waals surface area (Å²) in [6.07, 6.45) is 3.36. The molecule has 1 heterocycles. The van der Waals surface area contributed by atoms with Gasteiger partial charge in [0.25, 0.3) is 5.91 Å². The predicted octanol–water partition coefficient (Wildman–Crippen LogP) is 0.728. The van der Waals surface area contributed by atoms with Crippen molar-refractivity contribution in [3.63, 3.8) is 0 Å². The van der Waals surface area contributed by atoms with Gasteiger partial charge in [-0.2, -0.15) is 0 Å². The quantitative estimate of drug-likeness (QED) is 0.856. The first-order chi connectivity index (χ1) is 8.58. The average Bonchev–Trinajstić information content (AvgIpc) is 2.38. The van der Waals surface area contributed by atoms with Crippen LogP contribution < -0.4 is 5.32 Å². The highest BCUT2D eigenvalue weighted by molar-refractivity contribution is 6.29. The Balaban J connectivity index is 2.81. The van der Waals surface area contributed by atoms with Gasteiger partial charge in [0.05, 0.1) is 18.9 Å². The zero-order valence-corrected chi connectivity index (χ0v) is 11.1. The van der Waals surface area contributed by atoms with Crippen LogP contribution in [0.4, 0.5) is 0 Å². The fraction of sp³-hybridized carbons (Fsp3) is 0.455. The third kappa shape index (κ3) is 3.96. The summed E-state index contributed by atoms with van der Waals surface area (Å²) >= 11 is 5.60. The minimum atomic E-state index is -0.329. The van der Waals surface area contributed by atoms with Gasteiger partial charge in [0.2, 0.25) is 5.91 Å². The molecule has 0 aliphatic rings. The predicted molar refractivity (Wildman–Crippen MR) is 67.3 cm³/mol. The van der Waals surface area contributed by atoms with Crippen LogP contribution in [0.15, 0.2) is 12.4 Å². The van der Waals surface area contributed by atoms with E-state index in [0.29, 0.717) is 6.54 Å². The molecule has 0 saturated carbocycles. The Morgan fingerprint density at radius 3 is 2.61 bits per heavy atom. The van der Waals surface area contributed by atoms with Crippen LogP contribution in [0.2, 0.25) is 5.15 Å². The average molecular weight is 271 g/mol. The van der Waals surface area contributed by atoms with Crippen LogP contribution in [0.5, 0.6) is 0 Å². The van der Waals surface area contributed by atoms with E-state index in [1.165, 1.54) is 24.3 Å². The molecule has 7 heteroatoms. The van der Waals surface area contributed by atoms with Crippen LogP contribution >= 0.6 is 11.6 Å². The molecule has 0 spiro atoms. The van der Waals surface area contributed by atoms with Gasteiger partial charge in [-0.15, -0.1) is 0 Å². The summed E-state index contributed by atoms with van der Waals surface area (Å²) in [5.41, 5.74) is 0.178. The molecule has 18 heavy (non-hydrogen) atoms. The van der Waals surface area contributed by atoms with E-state index in [1.807, 2.05) is 6.92 Å². The highest BCUT2D eigenvalue weighted by Gasteiger charge is 2.18. The Morgan fingerprint density at radius 2 is 2.11 bits per heavy atom. The second-order valence-corrected chi connectivity index (χ2v) is 4.01. The first-order valence-electron chi connectivity index (χ1n) is 5.55. The van der Waals surface area contributed by atoms with E-state index < -0.39 is 0 Å². The number of hydrogen-bond acceptors (Lipinski definition) is 4. The van der Waals surface area contributed by atoms with E-state index in [0.717, 1.165) is 6.42 Å². The van der Waals surface area contributed by atoms with Gasteiger partial charge in [0.15, 0.2) is 0 Å². The maximum Gasteiger partial charge on any atom is 0.274 e. The molecule has 6 nitrogen and oxygen atoms in total. The molecule has 0 radical (unpaired) electrons. The zero-order valence-electron chi connectivity index (χ0n) is 10.3. The molecule has 2 amide bonds. The Kier molecular flexibility index (Phi) is 5.51. The molecule has 1 rings (SSSR count). The minimum absolute atomic E-state index is 0.00742. The molecule has 0 aromatic carbocycles. The number of rotatable bonds is 5. The van der Waals surface area contributed by atoms with Crippen molar-refractivity contribution >= 4 is 23.4 Å². The number of amides is 2. The number of nitrogens with zero attached hydrogens (tertiary/aromatic N) is 3. The molecule has 0 aliphatic carbocycles. The summed E-state index contributed by atoms with van der Waals surface area (Å²) < 4.78 is 0. The third-order valence-corrected chi connectivity index (χ3v) is 2.43. The Morgan fingerprint density at radius 1 is 1.39 bits per heavy atom. The summed E-state index contributed by atoms with van der Waals surface area (Å²) in [6.45, 7) is 2.42. The zero-order chi connectivity index (χ0) is 13.5. The molecule has 98 valence electrons.